The van der Waals surface area contributed by atoms with Gasteiger partial charge in [-0.2, -0.15) is 0 Å². The van der Waals surface area contributed by atoms with Crippen LogP contribution in [0.1, 0.15) is 72.8 Å². The Hall–Kier alpha value is -2.55. The van der Waals surface area contributed by atoms with Gasteiger partial charge in [0.1, 0.15) is 0 Å². The Morgan fingerprint density at radius 3 is 1.47 bits per heavy atom. The molecule has 2 unspecified atom stereocenters. The number of aryl methyl sites for hydroxylation is 2. The molecule has 43 heavy (non-hydrogen) atoms. The summed E-state index contributed by atoms with van der Waals surface area (Å²) >= 11 is -3.05. The van der Waals surface area contributed by atoms with Crippen LogP contribution in [0.5, 0.6) is 0 Å². The average molecular weight is 743 g/mol. The first-order valence-corrected chi connectivity index (χ1v) is 30.5. The van der Waals surface area contributed by atoms with E-state index in [0.717, 1.165) is 5.54 Å². The number of hydrogen-bond donors (Lipinski definition) is 0. The Kier molecular flexibility index (Phi) is 6.66. The van der Waals surface area contributed by atoms with Crippen LogP contribution in [0.15, 0.2) is 95.3 Å². The van der Waals surface area contributed by atoms with Crippen molar-refractivity contribution in [3.05, 3.63) is 129 Å². The van der Waals surface area contributed by atoms with Gasteiger partial charge in [-0.25, -0.2) is 0 Å². The van der Waals surface area contributed by atoms with Gasteiger partial charge in [-0.1, -0.05) is 0 Å². The summed E-state index contributed by atoms with van der Waals surface area (Å²) < 4.78 is 7.03. The van der Waals surface area contributed by atoms with Crippen LogP contribution in [0.2, 0.25) is 21.4 Å². The van der Waals surface area contributed by atoms with E-state index in [0.29, 0.717) is 7.35 Å². The van der Waals surface area contributed by atoms with E-state index in [1.165, 1.54) is 65.5 Å². The van der Waals surface area contributed by atoms with Crippen molar-refractivity contribution in [1.29, 1.82) is 0 Å². The van der Waals surface area contributed by atoms with Gasteiger partial charge in [0, 0.05) is 0 Å². The van der Waals surface area contributed by atoms with E-state index >= 15 is 0 Å². The maximum absolute atomic E-state index is 3.05. The van der Waals surface area contributed by atoms with E-state index in [4.69, 9.17) is 0 Å². The van der Waals surface area contributed by atoms with Crippen LogP contribution in [-0.4, -0.2) is 8.07 Å². The Balaban J connectivity index is 1.36. The summed E-state index contributed by atoms with van der Waals surface area (Å²) in [6.45, 7) is 7.23. The van der Waals surface area contributed by atoms with Gasteiger partial charge >= 0.3 is 266 Å². The second-order valence-electron chi connectivity index (χ2n) is 14.8. The van der Waals surface area contributed by atoms with Gasteiger partial charge in [-0.05, 0) is 0 Å². The first-order chi connectivity index (χ1) is 20.8. The molecule has 1 saturated heterocycles. The maximum atomic E-state index is 2.83. The molecule has 2 fully saturated rings. The molecule has 1 aliphatic heterocycles. The Morgan fingerprint density at radius 2 is 1.02 bits per heavy atom. The van der Waals surface area contributed by atoms with Crippen molar-refractivity contribution in [2.24, 2.45) is 0 Å². The molecule has 8 rings (SSSR count). The zero-order valence-electron chi connectivity index (χ0n) is 26.5. The molecule has 0 spiro atoms. The fraction of sp³-hybridized carbons (Fsp3) is 0.317. The van der Waals surface area contributed by atoms with Crippen LogP contribution in [0.25, 0.3) is 34.4 Å². The average Bonchev–Trinajstić information content (AvgIpc) is 3.63. The molecule has 1 heterocycles. The molecule has 0 nitrogen and oxygen atoms in total. The summed E-state index contributed by atoms with van der Waals surface area (Å²) in [6.07, 6.45) is 12.7. The van der Waals surface area contributed by atoms with E-state index in [9.17, 15) is 0 Å². The second kappa shape index (κ2) is 10.2. The van der Waals surface area contributed by atoms with Crippen molar-refractivity contribution >= 4 is 20.2 Å². The molecule has 0 aromatic heterocycles. The monoisotopic (exact) mass is 744 g/mol. The first-order valence-electron chi connectivity index (χ1n) is 16.6. The summed E-state index contributed by atoms with van der Waals surface area (Å²) in [7, 11) is -1.97. The van der Waals surface area contributed by atoms with Crippen LogP contribution in [0.3, 0.4) is 0 Å². The third kappa shape index (κ3) is 4.15. The SMILES string of the molecule is Cc1ccc(-c2cccc3c2C=C2[CH]3[Hf]([CH3])([CH3])[CH]3C(=Cc4c(-c5ccc(C)cc5)cccc43)[Si]2(C)C2CCCCC2)cc1. The second-order valence-corrected chi connectivity index (χ2v) is 36.4. The van der Waals surface area contributed by atoms with Crippen molar-refractivity contribution < 1.29 is 20.0 Å². The van der Waals surface area contributed by atoms with Crippen molar-refractivity contribution in [2.75, 3.05) is 0 Å². The van der Waals surface area contributed by atoms with Gasteiger partial charge in [0.25, 0.3) is 0 Å². The van der Waals surface area contributed by atoms with Crippen LogP contribution in [0.4, 0.5) is 0 Å². The molecule has 216 valence electrons. The first kappa shape index (κ1) is 28.0. The van der Waals surface area contributed by atoms with E-state index < -0.39 is 28.0 Å². The number of benzene rings is 4. The molecular formula is C41H44HfSi. The fourth-order valence-electron chi connectivity index (χ4n) is 9.76. The zero-order chi connectivity index (χ0) is 29.5. The molecule has 4 aliphatic rings. The number of fused-ring (bicyclic) bond motifs is 6. The van der Waals surface area contributed by atoms with Gasteiger partial charge in [0.05, 0.1) is 0 Å². The van der Waals surface area contributed by atoms with Crippen molar-refractivity contribution in [3.8, 4) is 22.3 Å². The van der Waals surface area contributed by atoms with Crippen molar-refractivity contribution in [2.45, 2.75) is 74.7 Å². The topological polar surface area (TPSA) is 0 Å². The minimum absolute atomic E-state index is 0.697. The number of rotatable bonds is 3. The van der Waals surface area contributed by atoms with Crippen LogP contribution in [-0.2, 0) is 20.0 Å². The van der Waals surface area contributed by atoms with E-state index in [1.54, 1.807) is 22.3 Å². The van der Waals surface area contributed by atoms with E-state index in [1.807, 2.05) is 10.4 Å². The standard InChI is InChI=1S/C39H38Si.2CH3.Hf/c1-27-15-19-29(20-16-27)36-13-7-9-31-23-34(25-38(31)36)40(3,33-11-5-4-6-12-33)35-24-32-10-8-14-37(39(32)26-35)30-21-17-28(2)18-22-30;;;/h7-10,13-26,33H,4-6,11-12H2,1-3H3;2*1H3;. The molecule has 3 aliphatic carbocycles. The Labute approximate surface area is 264 Å². The van der Waals surface area contributed by atoms with Crippen molar-refractivity contribution in [3.63, 3.8) is 0 Å². The van der Waals surface area contributed by atoms with Crippen molar-refractivity contribution in [1.82, 2.24) is 0 Å². The predicted octanol–water partition coefficient (Wildman–Crippen LogP) is 12.0. The van der Waals surface area contributed by atoms with E-state index in [-0.39, 0.29) is 0 Å². The van der Waals surface area contributed by atoms with Crippen LogP contribution >= 0.6 is 0 Å². The third-order valence-corrected chi connectivity index (χ3v) is 34.7. The molecule has 2 atom stereocenters. The predicted molar refractivity (Wildman–Crippen MR) is 185 cm³/mol. The van der Waals surface area contributed by atoms with Crippen LogP contribution < -0.4 is 0 Å². The fourth-order valence-corrected chi connectivity index (χ4v) is 42.7. The molecule has 4 aromatic carbocycles. The summed E-state index contributed by atoms with van der Waals surface area (Å²) in [6, 6.07) is 33.1. The number of allylic oxidation sites excluding steroid dienone is 2. The number of hydrogen-bond acceptors (Lipinski definition) is 0. The quantitative estimate of drug-likeness (QED) is 0.183. The third-order valence-electron chi connectivity index (χ3n) is 12.0. The minimum atomic E-state index is -3.05. The summed E-state index contributed by atoms with van der Waals surface area (Å²) in [5, 5.41) is 3.85. The molecule has 2 heteroatoms. The molecule has 1 saturated carbocycles. The zero-order valence-corrected chi connectivity index (χ0v) is 31.1. The van der Waals surface area contributed by atoms with Gasteiger partial charge in [0.15, 0.2) is 0 Å². The molecule has 4 aromatic rings. The van der Waals surface area contributed by atoms with Gasteiger partial charge < -0.3 is 0 Å². The van der Waals surface area contributed by atoms with E-state index in [2.05, 4.69) is 127 Å². The normalized spacial score (nSPS) is 25.3. The molecule has 0 bridgehead atoms. The summed E-state index contributed by atoms with van der Waals surface area (Å²) in [5.41, 5.74) is 15.7. The molecule has 0 radical (unpaired) electrons. The summed E-state index contributed by atoms with van der Waals surface area (Å²) in [5.74, 6) is 0. The summed E-state index contributed by atoms with van der Waals surface area (Å²) in [4.78, 5) is 0. The Bertz CT molecular complexity index is 1680. The molecule has 0 N–H and O–H groups in total. The Morgan fingerprint density at radius 1 is 0.581 bits per heavy atom. The van der Waals surface area contributed by atoms with Gasteiger partial charge in [-0.3, -0.25) is 0 Å². The molecular weight excluding hydrogens is 699 g/mol. The molecule has 0 amide bonds. The van der Waals surface area contributed by atoms with Gasteiger partial charge in [0.2, 0.25) is 0 Å². The van der Waals surface area contributed by atoms with Crippen LogP contribution in [0, 0.1) is 13.8 Å². The van der Waals surface area contributed by atoms with Gasteiger partial charge in [-0.15, -0.1) is 0 Å².